The summed E-state index contributed by atoms with van der Waals surface area (Å²) in [7, 11) is 3.81. The van der Waals surface area contributed by atoms with Crippen LogP contribution < -0.4 is 0 Å². The third kappa shape index (κ3) is 7.27. The number of aromatic nitrogens is 2. The Kier molecular flexibility index (Phi) is 11.4. The number of nitrogens with zero attached hydrogens (tertiary/aromatic N) is 5. The number of allylic oxidation sites excluding steroid dienone is 1. The van der Waals surface area contributed by atoms with Crippen molar-refractivity contribution in [3.05, 3.63) is 59.0 Å². The van der Waals surface area contributed by atoms with E-state index in [0.29, 0.717) is 16.5 Å². The Morgan fingerprint density at radius 1 is 1.27 bits per heavy atom. The molecule has 0 saturated carbocycles. The van der Waals surface area contributed by atoms with Crippen LogP contribution in [-0.4, -0.2) is 35.5 Å². The second kappa shape index (κ2) is 13.5. The summed E-state index contributed by atoms with van der Waals surface area (Å²) in [5, 5.41) is 17.0. The molecule has 0 fully saturated rings. The smallest absolute Gasteiger partial charge is 0.101 e. The summed E-state index contributed by atoms with van der Waals surface area (Å²) in [5.41, 5.74) is 4.45. The lowest BCUT2D eigenvalue weighted by molar-refractivity contribution is 0.427. The first-order chi connectivity index (χ1) is 14.4. The largest absolute Gasteiger partial charge is 0.340 e. The highest BCUT2D eigenvalue weighted by Gasteiger charge is 2.13. The van der Waals surface area contributed by atoms with E-state index in [4.69, 9.17) is 16.9 Å². The lowest BCUT2D eigenvalue weighted by atomic mass is 9.95. The first-order valence-corrected chi connectivity index (χ1v) is 10.6. The zero-order valence-electron chi connectivity index (χ0n) is 18.7. The normalized spacial score (nSPS) is 10.5. The Hall–Kier alpha value is -2.71. The highest BCUT2D eigenvalue weighted by Crippen LogP contribution is 2.29. The molecule has 160 valence electrons. The molecule has 0 spiro atoms. The molecule has 5 nitrogen and oxygen atoms in total. The first-order valence-electron chi connectivity index (χ1n) is 10.2. The molecule has 0 atom stereocenters. The molecule has 0 aliphatic rings. The average molecular weight is 426 g/mol. The molecule has 1 aromatic carbocycles. The van der Waals surface area contributed by atoms with Gasteiger partial charge < -0.3 is 4.90 Å². The molecule has 6 heteroatoms. The number of benzene rings is 1. The van der Waals surface area contributed by atoms with E-state index in [2.05, 4.69) is 41.7 Å². The number of aliphatic imine (C=N–C) groups is 1. The van der Waals surface area contributed by atoms with Crippen molar-refractivity contribution in [1.82, 2.24) is 15.1 Å². The number of rotatable bonds is 8. The van der Waals surface area contributed by atoms with E-state index in [-0.39, 0.29) is 0 Å². The SMILES string of the molecule is C=C(C(CCC)CCC)N(C)C=NC.Cc1c(-c2ccnnc2)ccc(Cl)c1C#N. The van der Waals surface area contributed by atoms with Crippen molar-refractivity contribution >= 4 is 17.9 Å². The number of nitriles is 1. The van der Waals surface area contributed by atoms with E-state index in [9.17, 15) is 0 Å². The molecular weight excluding hydrogens is 394 g/mol. The molecule has 0 aliphatic heterocycles. The molecule has 1 aromatic heterocycles. The maximum atomic E-state index is 9.01. The molecule has 0 aliphatic carbocycles. The predicted molar refractivity (Wildman–Crippen MR) is 127 cm³/mol. The van der Waals surface area contributed by atoms with Gasteiger partial charge in [-0.1, -0.05) is 50.9 Å². The molecule has 30 heavy (non-hydrogen) atoms. The summed E-state index contributed by atoms with van der Waals surface area (Å²) in [6.07, 6.45) is 10.0. The van der Waals surface area contributed by atoms with Gasteiger partial charge in [0.2, 0.25) is 0 Å². The standard InChI is InChI=1S/C12H8ClN3.C12H24N2/c1-8-10(9-4-5-15-16-7-9)2-3-12(13)11(8)6-14;1-6-8-12(9-7-2)11(3)14(5)10-13-4/h2-5,7H,1H3;10,12H,3,6-9H2,1-2,4-5H3. The van der Waals surface area contributed by atoms with Crippen LogP contribution in [0.25, 0.3) is 11.1 Å². The summed E-state index contributed by atoms with van der Waals surface area (Å²) in [6, 6.07) is 7.57. The predicted octanol–water partition coefficient (Wildman–Crippen LogP) is 6.28. The highest BCUT2D eigenvalue weighted by atomic mass is 35.5. The monoisotopic (exact) mass is 425 g/mol. The van der Waals surface area contributed by atoms with E-state index in [1.54, 1.807) is 25.5 Å². The quantitative estimate of drug-likeness (QED) is 0.368. The van der Waals surface area contributed by atoms with Crippen molar-refractivity contribution < 1.29 is 0 Å². The Morgan fingerprint density at radius 2 is 1.93 bits per heavy atom. The highest BCUT2D eigenvalue weighted by molar-refractivity contribution is 6.32. The van der Waals surface area contributed by atoms with E-state index in [0.717, 1.165) is 16.7 Å². The maximum Gasteiger partial charge on any atom is 0.101 e. The number of hydrogen-bond acceptors (Lipinski definition) is 4. The maximum absolute atomic E-state index is 9.01. The fraction of sp³-hybridized carbons (Fsp3) is 0.417. The Morgan fingerprint density at radius 3 is 2.43 bits per heavy atom. The number of hydrogen-bond donors (Lipinski definition) is 0. The molecular formula is C24H32ClN5. The van der Waals surface area contributed by atoms with Crippen LogP contribution in [0.3, 0.4) is 0 Å². The molecule has 2 rings (SSSR count). The van der Waals surface area contributed by atoms with Crippen LogP contribution in [0, 0.1) is 24.2 Å². The Labute approximate surface area is 186 Å². The van der Waals surface area contributed by atoms with Gasteiger partial charge in [0.05, 0.1) is 29.3 Å². The molecule has 0 unspecified atom stereocenters. The lowest BCUT2D eigenvalue weighted by Gasteiger charge is -2.24. The molecule has 0 N–H and O–H groups in total. The van der Waals surface area contributed by atoms with Gasteiger partial charge >= 0.3 is 0 Å². The molecule has 0 bridgehead atoms. The average Bonchev–Trinajstić information content (AvgIpc) is 2.75. The van der Waals surface area contributed by atoms with Crippen LogP contribution >= 0.6 is 11.6 Å². The van der Waals surface area contributed by atoms with Gasteiger partial charge in [0.1, 0.15) is 6.07 Å². The van der Waals surface area contributed by atoms with E-state index < -0.39 is 0 Å². The van der Waals surface area contributed by atoms with Crippen molar-refractivity contribution in [2.75, 3.05) is 14.1 Å². The topological polar surface area (TPSA) is 65.2 Å². The van der Waals surface area contributed by atoms with Gasteiger partial charge in [-0.25, -0.2) is 0 Å². The first kappa shape index (κ1) is 25.3. The van der Waals surface area contributed by atoms with Crippen LogP contribution in [0.4, 0.5) is 0 Å². The van der Waals surface area contributed by atoms with Gasteiger partial charge in [0.25, 0.3) is 0 Å². The van der Waals surface area contributed by atoms with Gasteiger partial charge in [0, 0.05) is 25.4 Å². The molecule has 1 heterocycles. The van der Waals surface area contributed by atoms with Crippen molar-refractivity contribution in [1.29, 1.82) is 5.26 Å². The van der Waals surface area contributed by atoms with Crippen LogP contribution in [0.1, 0.15) is 50.7 Å². The number of halogens is 1. The van der Waals surface area contributed by atoms with E-state index in [1.165, 1.54) is 31.4 Å². The summed E-state index contributed by atoms with van der Waals surface area (Å²) in [4.78, 5) is 6.04. The zero-order valence-corrected chi connectivity index (χ0v) is 19.4. The van der Waals surface area contributed by atoms with Crippen LogP contribution in [0.5, 0.6) is 0 Å². The van der Waals surface area contributed by atoms with Gasteiger partial charge in [-0.2, -0.15) is 15.5 Å². The minimum Gasteiger partial charge on any atom is -0.340 e. The summed E-state index contributed by atoms with van der Waals surface area (Å²) in [6.45, 7) is 10.5. The second-order valence-electron chi connectivity index (χ2n) is 7.09. The van der Waals surface area contributed by atoms with Crippen LogP contribution in [0.2, 0.25) is 5.02 Å². The van der Waals surface area contributed by atoms with Gasteiger partial charge in [-0.05, 0) is 48.9 Å². The molecule has 0 saturated heterocycles. The molecule has 2 aromatic rings. The van der Waals surface area contributed by atoms with Crippen LogP contribution in [-0.2, 0) is 0 Å². The molecule has 0 amide bonds. The Bertz CT molecular complexity index is 865. The fourth-order valence-electron chi connectivity index (χ4n) is 3.29. The van der Waals surface area contributed by atoms with Crippen molar-refractivity contribution in [2.24, 2.45) is 10.9 Å². The van der Waals surface area contributed by atoms with Crippen molar-refractivity contribution in [3.63, 3.8) is 0 Å². The second-order valence-corrected chi connectivity index (χ2v) is 7.50. The van der Waals surface area contributed by atoms with Crippen molar-refractivity contribution in [3.8, 4) is 17.2 Å². The third-order valence-electron chi connectivity index (χ3n) is 4.91. The summed E-state index contributed by atoms with van der Waals surface area (Å²) in [5.74, 6) is 0.619. The van der Waals surface area contributed by atoms with E-state index >= 15 is 0 Å². The summed E-state index contributed by atoms with van der Waals surface area (Å²) < 4.78 is 0. The summed E-state index contributed by atoms with van der Waals surface area (Å²) >= 11 is 5.94. The van der Waals surface area contributed by atoms with Crippen molar-refractivity contribution in [2.45, 2.75) is 46.5 Å². The van der Waals surface area contributed by atoms with Gasteiger partial charge in [0.15, 0.2) is 0 Å². The van der Waals surface area contributed by atoms with Gasteiger partial charge in [-0.3, -0.25) is 4.99 Å². The van der Waals surface area contributed by atoms with Crippen LogP contribution in [0.15, 0.2) is 47.9 Å². The van der Waals surface area contributed by atoms with Gasteiger partial charge in [-0.15, -0.1) is 0 Å². The third-order valence-corrected chi connectivity index (χ3v) is 5.22. The minimum absolute atomic E-state index is 0.478. The van der Waals surface area contributed by atoms with E-state index in [1.807, 2.05) is 37.3 Å². The minimum atomic E-state index is 0.478. The Balaban J connectivity index is 0.000000304. The fourth-order valence-corrected chi connectivity index (χ4v) is 3.54. The zero-order chi connectivity index (χ0) is 22.5. The lowest BCUT2D eigenvalue weighted by Crippen LogP contribution is -2.21. The molecule has 0 radical (unpaired) electrons.